The third-order valence-electron chi connectivity index (χ3n) is 4.48. The van der Waals surface area contributed by atoms with Gasteiger partial charge in [0.05, 0.1) is 21.7 Å². The minimum atomic E-state index is 0.112. The fourth-order valence-electron chi connectivity index (χ4n) is 3.21. The Morgan fingerprint density at radius 2 is 1.77 bits per heavy atom. The van der Waals surface area contributed by atoms with E-state index < -0.39 is 0 Å². The van der Waals surface area contributed by atoms with E-state index in [-0.39, 0.29) is 5.91 Å². The molecule has 0 atom stereocenters. The molecule has 3 aromatic rings. The van der Waals surface area contributed by atoms with Crippen LogP contribution >= 0.6 is 11.3 Å². The van der Waals surface area contributed by atoms with Crippen molar-refractivity contribution in [2.45, 2.75) is 40.0 Å². The number of fused-ring (bicyclic) bond motifs is 1. The number of hydrogen-bond donors (Lipinski definition) is 0. The zero-order chi connectivity index (χ0) is 18.5. The smallest absolute Gasteiger partial charge is 0.254 e. The molecule has 1 aromatic carbocycles. The molecule has 2 heterocycles. The number of pyridine rings is 1. The highest BCUT2D eigenvalue weighted by Gasteiger charge is 2.19. The van der Waals surface area contributed by atoms with Crippen LogP contribution in [0.4, 0.5) is 0 Å². The van der Waals surface area contributed by atoms with E-state index in [1.165, 1.54) is 4.88 Å². The first-order valence-electron chi connectivity index (χ1n) is 9.46. The van der Waals surface area contributed by atoms with E-state index in [1.807, 2.05) is 35.2 Å². The lowest BCUT2D eigenvalue weighted by molar-refractivity contribution is 0.0757. The van der Waals surface area contributed by atoms with Crippen molar-refractivity contribution in [3.63, 3.8) is 0 Å². The zero-order valence-electron chi connectivity index (χ0n) is 15.8. The molecule has 0 bridgehead atoms. The Bertz CT molecular complexity index is 894. The molecule has 0 fully saturated rings. The molecule has 0 saturated heterocycles. The third-order valence-corrected chi connectivity index (χ3v) is 5.74. The SMILES string of the molecule is CCCN(CCC)C(=O)c1cc(-c2ccc(CC)s2)nc2ccccc12. The van der Waals surface area contributed by atoms with Gasteiger partial charge in [-0.1, -0.05) is 39.0 Å². The number of aryl methyl sites for hydroxylation is 1. The molecule has 26 heavy (non-hydrogen) atoms. The molecule has 0 spiro atoms. The van der Waals surface area contributed by atoms with Crippen molar-refractivity contribution in [3.05, 3.63) is 52.9 Å². The molecular formula is C22H26N2OS. The summed E-state index contributed by atoms with van der Waals surface area (Å²) in [6, 6.07) is 14.2. The van der Waals surface area contributed by atoms with Gasteiger partial charge in [-0.3, -0.25) is 4.79 Å². The minimum Gasteiger partial charge on any atom is -0.339 e. The van der Waals surface area contributed by atoms with Crippen molar-refractivity contribution in [1.82, 2.24) is 9.88 Å². The second kappa shape index (κ2) is 8.45. The summed E-state index contributed by atoms with van der Waals surface area (Å²) in [5.41, 5.74) is 2.54. The molecule has 2 aromatic heterocycles. The van der Waals surface area contributed by atoms with Gasteiger partial charge in [-0.25, -0.2) is 4.98 Å². The van der Waals surface area contributed by atoms with Gasteiger partial charge in [-0.15, -0.1) is 11.3 Å². The van der Waals surface area contributed by atoms with Crippen molar-refractivity contribution in [1.29, 1.82) is 0 Å². The lowest BCUT2D eigenvalue weighted by atomic mass is 10.1. The molecule has 0 radical (unpaired) electrons. The summed E-state index contributed by atoms with van der Waals surface area (Å²) in [6.07, 6.45) is 2.95. The van der Waals surface area contributed by atoms with Crippen molar-refractivity contribution in [2.24, 2.45) is 0 Å². The van der Waals surface area contributed by atoms with Crippen LogP contribution in [-0.4, -0.2) is 28.9 Å². The Kier molecular flexibility index (Phi) is 6.04. The molecule has 0 N–H and O–H groups in total. The van der Waals surface area contributed by atoms with E-state index in [0.29, 0.717) is 0 Å². The van der Waals surface area contributed by atoms with Crippen LogP contribution in [0.15, 0.2) is 42.5 Å². The number of para-hydroxylation sites is 1. The summed E-state index contributed by atoms with van der Waals surface area (Å²) in [5.74, 6) is 0.112. The Morgan fingerprint density at radius 3 is 2.42 bits per heavy atom. The Labute approximate surface area is 159 Å². The minimum absolute atomic E-state index is 0.112. The van der Waals surface area contributed by atoms with Crippen molar-refractivity contribution < 1.29 is 4.79 Å². The van der Waals surface area contributed by atoms with Gasteiger partial charge < -0.3 is 4.90 Å². The highest BCUT2D eigenvalue weighted by molar-refractivity contribution is 7.15. The maximum atomic E-state index is 13.3. The Hall–Kier alpha value is -2.20. The summed E-state index contributed by atoms with van der Waals surface area (Å²) in [7, 11) is 0. The van der Waals surface area contributed by atoms with Crippen molar-refractivity contribution in [3.8, 4) is 10.6 Å². The molecule has 1 amide bonds. The average molecular weight is 367 g/mol. The van der Waals surface area contributed by atoms with Crippen molar-refractivity contribution >= 4 is 28.1 Å². The van der Waals surface area contributed by atoms with Gasteiger partial charge in [0.1, 0.15) is 0 Å². The predicted molar refractivity (Wildman–Crippen MR) is 111 cm³/mol. The average Bonchev–Trinajstić information content (AvgIpc) is 3.15. The summed E-state index contributed by atoms with van der Waals surface area (Å²) in [4.78, 5) is 22.5. The van der Waals surface area contributed by atoms with E-state index in [1.54, 1.807) is 11.3 Å². The predicted octanol–water partition coefficient (Wildman–Crippen LogP) is 5.79. The van der Waals surface area contributed by atoms with E-state index >= 15 is 0 Å². The van der Waals surface area contributed by atoms with Gasteiger partial charge in [-0.05, 0) is 43.5 Å². The standard InChI is InChI=1S/C22H26N2OS/c1-4-13-24(14-5-2)22(25)18-15-20(21-12-11-16(6-3)26-21)23-19-10-8-7-9-17(18)19/h7-12,15H,4-6,13-14H2,1-3H3. The molecule has 0 unspecified atom stereocenters. The summed E-state index contributed by atoms with van der Waals surface area (Å²) >= 11 is 1.76. The normalized spacial score (nSPS) is 11.0. The lowest BCUT2D eigenvalue weighted by Crippen LogP contribution is -2.32. The second-order valence-electron chi connectivity index (χ2n) is 6.48. The molecule has 4 heteroatoms. The fourth-order valence-corrected chi connectivity index (χ4v) is 4.12. The van der Waals surface area contributed by atoms with Gasteiger partial charge in [0.25, 0.3) is 5.91 Å². The van der Waals surface area contributed by atoms with Crippen LogP contribution in [-0.2, 0) is 6.42 Å². The number of amides is 1. The molecule has 3 rings (SSSR count). The van der Waals surface area contributed by atoms with Crippen LogP contribution in [0.25, 0.3) is 21.5 Å². The zero-order valence-corrected chi connectivity index (χ0v) is 16.6. The molecule has 0 aliphatic heterocycles. The largest absolute Gasteiger partial charge is 0.339 e. The maximum absolute atomic E-state index is 13.3. The number of nitrogens with zero attached hydrogens (tertiary/aromatic N) is 2. The lowest BCUT2D eigenvalue weighted by Gasteiger charge is -2.22. The van der Waals surface area contributed by atoms with E-state index in [0.717, 1.165) is 59.4 Å². The first-order chi connectivity index (χ1) is 12.7. The van der Waals surface area contributed by atoms with E-state index in [4.69, 9.17) is 4.98 Å². The van der Waals surface area contributed by atoms with Crippen LogP contribution in [0, 0.1) is 0 Å². The number of carbonyl (C=O) groups excluding carboxylic acids is 1. The molecule has 0 aliphatic carbocycles. The molecule has 136 valence electrons. The number of hydrogen-bond acceptors (Lipinski definition) is 3. The number of carbonyl (C=O) groups is 1. The van der Waals surface area contributed by atoms with Crippen LogP contribution in [0.2, 0.25) is 0 Å². The van der Waals surface area contributed by atoms with Crippen LogP contribution in [0.3, 0.4) is 0 Å². The number of aromatic nitrogens is 1. The summed E-state index contributed by atoms with van der Waals surface area (Å²) in [5, 5.41) is 0.936. The second-order valence-corrected chi connectivity index (χ2v) is 7.65. The maximum Gasteiger partial charge on any atom is 0.254 e. The summed E-state index contributed by atoms with van der Waals surface area (Å²) < 4.78 is 0. The van der Waals surface area contributed by atoms with Crippen molar-refractivity contribution in [2.75, 3.05) is 13.1 Å². The monoisotopic (exact) mass is 366 g/mol. The van der Waals surface area contributed by atoms with E-state index in [9.17, 15) is 4.79 Å². The first kappa shape index (κ1) is 18.6. The molecule has 0 aliphatic rings. The molecular weight excluding hydrogens is 340 g/mol. The van der Waals surface area contributed by atoms with Crippen LogP contribution in [0.5, 0.6) is 0 Å². The molecule has 3 nitrogen and oxygen atoms in total. The Morgan fingerprint density at radius 1 is 1.04 bits per heavy atom. The number of rotatable bonds is 7. The van der Waals surface area contributed by atoms with Crippen LogP contribution in [0.1, 0.15) is 48.8 Å². The van der Waals surface area contributed by atoms with E-state index in [2.05, 4.69) is 32.9 Å². The fraction of sp³-hybridized carbons (Fsp3) is 0.364. The topological polar surface area (TPSA) is 33.2 Å². The first-order valence-corrected chi connectivity index (χ1v) is 10.3. The third kappa shape index (κ3) is 3.80. The van der Waals surface area contributed by atoms with Gasteiger partial charge in [0.2, 0.25) is 0 Å². The Balaban J connectivity index is 2.11. The quantitative estimate of drug-likeness (QED) is 0.530. The van der Waals surface area contributed by atoms with Gasteiger partial charge in [-0.2, -0.15) is 0 Å². The van der Waals surface area contributed by atoms with Gasteiger partial charge >= 0.3 is 0 Å². The highest BCUT2D eigenvalue weighted by Crippen LogP contribution is 2.31. The highest BCUT2D eigenvalue weighted by atomic mass is 32.1. The van der Waals surface area contributed by atoms with Gasteiger partial charge in [0, 0.05) is 23.4 Å². The van der Waals surface area contributed by atoms with Gasteiger partial charge in [0.15, 0.2) is 0 Å². The summed E-state index contributed by atoms with van der Waals surface area (Å²) in [6.45, 7) is 7.97. The number of thiophene rings is 1. The number of benzene rings is 1. The molecule has 0 saturated carbocycles. The van der Waals surface area contributed by atoms with Crippen LogP contribution < -0.4 is 0 Å².